The van der Waals surface area contributed by atoms with Crippen molar-refractivity contribution >= 4 is 6.09 Å². The molecular weight excluding hydrogens is 482 g/mol. The van der Waals surface area contributed by atoms with Gasteiger partial charge in [0, 0.05) is 12.5 Å². The Balaban J connectivity index is 1.10. The number of carbonyl (C=O) groups is 1. The second kappa shape index (κ2) is 9.93. The molecule has 0 radical (unpaired) electrons. The fourth-order valence-electron chi connectivity index (χ4n) is 10.8. The monoisotopic (exact) mass is 531 g/mol. The van der Waals surface area contributed by atoms with Crippen molar-refractivity contribution in [3.8, 4) is 0 Å². The van der Waals surface area contributed by atoms with Crippen LogP contribution in [0.25, 0.3) is 0 Å². The molecule has 0 aromatic heterocycles. The van der Waals surface area contributed by atoms with Gasteiger partial charge < -0.3 is 14.4 Å². The summed E-state index contributed by atoms with van der Waals surface area (Å²) in [6.45, 7) is 8.61. The van der Waals surface area contributed by atoms with Crippen LogP contribution in [0.1, 0.15) is 103 Å². The van der Waals surface area contributed by atoms with Crippen molar-refractivity contribution in [2.45, 2.75) is 122 Å². The highest BCUT2D eigenvalue weighted by atomic mass is 16.6. The van der Waals surface area contributed by atoms with E-state index in [2.05, 4.69) is 20.8 Å². The van der Waals surface area contributed by atoms with Crippen molar-refractivity contribution < 1.29 is 14.3 Å². The molecule has 1 spiro atoms. The van der Waals surface area contributed by atoms with Gasteiger partial charge in [0.25, 0.3) is 0 Å². The van der Waals surface area contributed by atoms with Crippen LogP contribution in [-0.2, 0) is 16.1 Å². The zero-order valence-corrected chi connectivity index (χ0v) is 24.5. The first-order chi connectivity index (χ1) is 18.9. The Morgan fingerprint density at radius 2 is 1.90 bits per heavy atom. The zero-order chi connectivity index (χ0) is 26.8. The van der Waals surface area contributed by atoms with Crippen LogP contribution in [0.15, 0.2) is 41.5 Å². The van der Waals surface area contributed by atoms with E-state index in [1.54, 1.807) is 5.57 Å². The van der Waals surface area contributed by atoms with Crippen LogP contribution in [0.4, 0.5) is 4.79 Å². The fourth-order valence-corrected chi connectivity index (χ4v) is 10.8. The number of amides is 1. The molecule has 1 amide bonds. The van der Waals surface area contributed by atoms with E-state index in [4.69, 9.17) is 9.47 Å². The lowest BCUT2D eigenvalue weighted by molar-refractivity contribution is -0.0746. The van der Waals surface area contributed by atoms with Gasteiger partial charge in [0.05, 0.1) is 17.7 Å². The van der Waals surface area contributed by atoms with Gasteiger partial charge in [0.1, 0.15) is 6.61 Å². The van der Waals surface area contributed by atoms with Crippen molar-refractivity contribution in [1.29, 1.82) is 0 Å². The Morgan fingerprint density at radius 1 is 1.05 bits per heavy atom. The van der Waals surface area contributed by atoms with Crippen molar-refractivity contribution in [2.75, 3.05) is 6.54 Å². The minimum Gasteiger partial charge on any atom is -0.445 e. The molecule has 39 heavy (non-hydrogen) atoms. The molecule has 2 aliphatic heterocycles. The summed E-state index contributed by atoms with van der Waals surface area (Å²) in [6, 6.07) is 10.2. The molecule has 9 unspecified atom stereocenters. The van der Waals surface area contributed by atoms with Gasteiger partial charge in [0.15, 0.2) is 0 Å². The van der Waals surface area contributed by atoms with Crippen LogP contribution in [0.3, 0.4) is 0 Å². The summed E-state index contributed by atoms with van der Waals surface area (Å²) in [5, 5.41) is 0. The van der Waals surface area contributed by atoms with Crippen LogP contribution in [0, 0.1) is 35.0 Å². The average Bonchev–Trinajstić information content (AvgIpc) is 3.42. The summed E-state index contributed by atoms with van der Waals surface area (Å²) in [4.78, 5) is 15.4. The summed E-state index contributed by atoms with van der Waals surface area (Å²) in [5.41, 5.74) is 4.93. The van der Waals surface area contributed by atoms with E-state index in [9.17, 15) is 4.79 Å². The maximum absolute atomic E-state index is 13.4. The summed E-state index contributed by atoms with van der Waals surface area (Å²) in [5.74, 6) is 3.84. The molecule has 0 N–H and O–H groups in total. The quantitative estimate of drug-likeness (QED) is 0.360. The van der Waals surface area contributed by atoms with Gasteiger partial charge >= 0.3 is 6.09 Å². The molecule has 0 bridgehead atoms. The number of piperidine rings is 1. The van der Waals surface area contributed by atoms with Crippen LogP contribution in [0.5, 0.6) is 0 Å². The van der Waals surface area contributed by atoms with Crippen LogP contribution in [-0.4, -0.2) is 35.3 Å². The minimum absolute atomic E-state index is 0.127. The normalized spacial score (nSPS) is 43.4. The number of hydrogen-bond acceptors (Lipinski definition) is 3. The summed E-state index contributed by atoms with van der Waals surface area (Å²) >= 11 is 0. The lowest BCUT2D eigenvalue weighted by Crippen LogP contribution is -2.52. The molecule has 6 aliphatic rings. The third-order valence-corrected chi connectivity index (χ3v) is 12.9. The molecule has 1 aromatic carbocycles. The van der Waals surface area contributed by atoms with Gasteiger partial charge in [-0.15, -0.1) is 0 Å². The van der Waals surface area contributed by atoms with E-state index in [1.807, 2.05) is 40.8 Å². The van der Waals surface area contributed by atoms with E-state index in [1.165, 1.54) is 51.4 Å². The first-order valence-electron chi connectivity index (χ1n) is 16.2. The number of likely N-dealkylation sites (tertiary alicyclic amines) is 1. The number of rotatable bonds is 2. The first kappa shape index (κ1) is 26.1. The van der Waals surface area contributed by atoms with E-state index < -0.39 is 0 Å². The molecule has 7 rings (SSSR count). The van der Waals surface area contributed by atoms with Crippen molar-refractivity contribution in [3.63, 3.8) is 0 Å². The molecule has 4 heteroatoms. The molecule has 2 saturated heterocycles. The standard InChI is InChI=1S/C35H49NO3/c1-23-21-35(18-16-27-28-15-14-26-12-7-8-17-34(26,3)30(28)20-29(23)27)24(2)32-31(39-35)13-9-19-36(32)33(37)38-22-25-10-5-4-6-11-25/h4-6,10-11,24,26-28,30-32H,7-9,12-22H2,1-3H3. The molecule has 2 heterocycles. The number of carbonyl (C=O) groups excluding carboxylic acids is 1. The molecular formula is C35H49NO3. The molecule has 5 fully saturated rings. The Morgan fingerprint density at radius 3 is 2.74 bits per heavy atom. The number of nitrogens with zero attached hydrogens (tertiary/aromatic N) is 1. The average molecular weight is 532 g/mol. The second-order valence-corrected chi connectivity index (χ2v) is 14.5. The van der Waals surface area contributed by atoms with Gasteiger partial charge in [0.2, 0.25) is 0 Å². The van der Waals surface area contributed by atoms with Crippen molar-refractivity contribution in [2.24, 2.45) is 35.0 Å². The van der Waals surface area contributed by atoms with Crippen LogP contribution >= 0.6 is 0 Å². The Bertz CT molecular complexity index is 1110. The SMILES string of the molecule is CC1=C2CC3C(CCC4CCCCC43C)C2CCC2(C1)OC1CCCN(C(=O)OCc3ccccc3)C1C2C. The topological polar surface area (TPSA) is 38.8 Å². The van der Waals surface area contributed by atoms with E-state index in [-0.39, 0.29) is 23.8 Å². The van der Waals surface area contributed by atoms with Gasteiger partial charge in [-0.3, -0.25) is 0 Å². The first-order valence-corrected chi connectivity index (χ1v) is 16.2. The largest absolute Gasteiger partial charge is 0.445 e. The van der Waals surface area contributed by atoms with Crippen LogP contribution in [0.2, 0.25) is 0 Å². The van der Waals surface area contributed by atoms with Gasteiger partial charge in [-0.05, 0) is 106 Å². The van der Waals surface area contributed by atoms with E-state index in [0.29, 0.717) is 17.9 Å². The minimum atomic E-state index is -0.165. The van der Waals surface area contributed by atoms with E-state index >= 15 is 0 Å². The Kier molecular flexibility index (Phi) is 6.65. The zero-order valence-electron chi connectivity index (χ0n) is 24.5. The second-order valence-electron chi connectivity index (χ2n) is 14.5. The molecule has 1 aromatic rings. The molecule has 3 saturated carbocycles. The lowest BCUT2D eigenvalue weighted by Gasteiger charge is -2.52. The number of allylic oxidation sites excluding steroid dienone is 1. The maximum atomic E-state index is 13.4. The smallest absolute Gasteiger partial charge is 0.410 e. The summed E-state index contributed by atoms with van der Waals surface area (Å²) in [7, 11) is 0. The molecule has 4 aliphatic carbocycles. The predicted molar refractivity (Wildman–Crippen MR) is 154 cm³/mol. The van der Waals surface area contributed by atoms with Crippen molar-refractivity contribution in [3.05, 3.63) is 47.0 Å². The number of benzene rings is 1. The third-order valence-electron chi connectivity index (χ3n) is 12.9. The van der Waals surface area contributed by atoms with Crippen LogP contribution < -0.4 is 0 Å². The summed E-state index contributed by atoms with van der Waals surface area (Å²) in [6.07, 6.45) is 15.6. The highest BCUT2D eigenvalue weighted by molar-refractivity contribution is 5.68. The summed E-state index contributed by atoms with van der Waals surface area (Å²) < 4.78 is 13.0. The van der Waals surface area contributed by atoms with Gasteiger partial charge in [-0.2, -0.15) is 0 Å². The molecule has 212 valence electrons. The Labute approximate surface area is 235 Å². The maximum Gasteiger partial charge on any atom is 0.410 e. The van der Waals surface area contributed by atoms with Gasteiger partial charge in [-0.1, -0.05) is 68.2 Å². The number of ether oxygens (including phenoxy) is 2. The lowest BCUT2D eigenvalue weighted by atomic mass is 9.52. The highest BCUT2D eigenvalue weighted by Crippen LogP contribution is 2.65. The highest BCUT2D eigenvalue weighted by Gasteiger charge is 2.60. The molecule has 9 atom stereocenters. The fraction of sp³-hybridized carbons (Fsp3) is 0.743. The Hall–Kier alpha value is -1.81. The third kappa shape index (κ3) is 4.21. The van der Waals surface area contributed by atoms with E-state index in [0.717, 1.165) is 61.5 Å². The molecule has 4 nitrogen and oxygen atoms in total. The predicted octanol–water partition coefficient (Wildman–Crippen LogP) is 8.30. The number of fused-ring (bicyclic) bond motifs is 6. The van der Waals surface area contributed by atoms with Gasteiger partial charge in [-0.25, -0.2) is 4.79 Å². The number of hydrogen-bond donors (Lipinski definition) is 0. The van der Waals surface area contributed by atoms with Crippen molar-refractivity contribution in [1.82, 2.24) is 4.90 Å².